The molecule has 0 aliphatic carbocycles. The second kappa shape index (κ2) is 36.9. The molecule has 47 heavy (non-hydrogen) atoms. The monoisotopic (exact) mass is 710 g/mol. The summed E-state index contributed by atoms with van der Waals surface area (Å²) in [6.45, 7) is 32.6. The van der Waals surface area contributed by atoms with Gasteiger partial charge in [0.15, 0.2) is 0 Å². The molecular weight excluding hydrogens is 638 g/mol. The highest BCUT2D eigenvalue weighted by Crippen LogP contribution is 2.22. The first kappa shape index (κ1) is 51.1. The van der Waals surface area contributed by atoms with E-state index in [0.29, 0.717) is 79.3 Å². The Labute approximate surface area is 286 Å². The van der Waals surface area contributed by atoms with Crippen LogP contribution in [-0.4, -0.2) is 168 Å². The molecule has 0 amide bonds. The summed E-state index contributed by atoms with van der Waals surface area (Å²) in [5.41, 5.74) is 0. The zero-order valence-electron chi connectivity index (χ0n) is 31.2. The number of hydrogen-bond donors (Lipinski definition) is 0. The molecular formula is C32H72FN2O11P. The van der Waals surface area contributed by atoms with E-state index >= 15 is 0 Å². The van der Waals surface area contributed by atoms with Gasteiger partial charge in [-0.05, 0) is 41.5 Å². The van der Waals surface area contributed by atoms with Gasteiger partial charge in [0.2, 0.25) is 0 Å². The Kier molecular flexibility index (Phi) is 40.1. The lowest BCUT2D eigenvalue weighted by Gasteiger charge is -2.35. The summed E-state index contributed by atoms with van der Waals surface area (Å²) in [5, 5.41) is 0. The molecule has 0 aromatic heterocycles. The fourth-order valence-electron chi connectivity index (χ4n) is 4.66. The smallest absolute Gasteiger partial charge is 0.110 e. The Balaban J connectivity index is -0.000000719. The van der Waals surface area contributed by atoms with E-state index in [2.05, 4.69) is 41.5 Å². The van der Waals surface area contributed by atoms with Crippen LogP contribution in [0.4, 0.5) is 4.20 Å². The molecule has 0 radical (unpaired) electrons. The Morgan fingerprint density at radius 3 is 0.830 bits per heavy atom. The third-order valence-corrected chi connectivity index (χ3v) is 8.22. The minimum atomic E-state index is -5.64. The Hall–Kier alpha value is -0.320. The van der Waals surface area contributed by atoms with Crippen molar-refractivity contribution >= 4 is 7.91 Å². The highest BCUT2D eigenvalue weighted by Gasteiger charge is 2.20. The fraction of sp³-hybridized carbons (Fsp3) is 1.00. The maximum Gasteiger partial charge on any atom is 0.110 e. The van der Waals surface area contributed by atoms with Crippen molar-refractivity contribution in [1.82, 2.24) is 0 Å². The molecule has 0 N–H and O–H groups in total. The van der Waals surface area contributed by atoms with Crippen LogP contribution in [0.25, 0.3) is 0 Å². The number of ether oxygens (including phenoxy) is 8. The molecule has 13 nitrogen and oxygen atoms in total. The van der Waals surface area contributed by atoms with Gasteiger partial charge >= 0.3 is 0 Å². The van der Waals surface area contributed by atoms with Gasteiger partial charge < -0.3 is 61.2 Å². The van der Waals surface area contributed by atoms with Gasteiger partial charge in [-0.1, -0.05) is 0 Å². The van der Waals surface area contributed by atoms with E-state index in [9.17, 15) is 4.20 Å². The highest BCUT2D eigenvalue weighted by atomic mass is 31.2. The molecule has 0 rings (SSSR count). The lowest BCUT2D eigenvalue weighted by atomic mass is 10.3. The largest absolute Gasteiger partial charge is 0.786 e. The van der Waals surface area contributed by atoms with E-state index < -0.39 is 7.91 Å². The number of quaternary nitrogens is 2. The summed E-state index contributed by atoms with van der Waals surface area (Å²) in [6.07, 6.45) is 2.24. The van der Waals surface area contributed by atoms with Crippen molar-refractivity contribution < 1.29 is 65.4 Å². The molecule has 0 spiro atoms. The topological polar surface area (TPSA) is 137 Å². The number of methoxy groups -OCH3 is 2. The molecule has 0 aliphatic heterocycles. The van der Waals surface area contributed by atoms with Gasteiger partial charge in [0.1, 0.15) is 7.91 Å². The molecule has 0 bridgehead atoms. The first-order valence-corrected chi connectivity index (χ1v) is 18.8. The molecule has 0 atom stereocenters. The Morgan fingerprint density at radius 2 is 0.638 bits per heavy atom. The van der Waals surface area contributed by atoms with Gasteiger partial charge in [0.05, 0.1) is 145 Å². The van der Waals surface area contributed by atoms with E-state index in [1.54, 1.807) is 14.2 Å². The van der Waals surface area contributed by atoms with Crippen LogP contribution in [0.1, 0.15) is 54.4 Å². The van der Waals surface area contributed by atoms with Gasteiger partial charge in [0.25, 0.3) is 0 Å². The molecule has 0 unspecified atom stereocenters. The van der Waals surface area contributed by atoms with Crippen LogP contribution in [0.15, 0.2) is 0 Å². The van der Waals surface area contributed by atoms with E-state index in [1.165, 1.54) is 61.3 Å². The predicted octanol–water partition coefficient (Wildman–Crippen LogP) is 2.68. The van der Waals surface area contributed by atoms with E-state index in [4.69, 9.17) is 52.2 Å². The summed E-state index contributed by atoms with van der Waals surface area (Å²) >= 11 is 0. The van der Waals surface area contributed by atoms with E-state index in [0.717, 1.165) is 26.1 Å². The molecule has 0 aromatic rings. The van der Waals surface area contributed by atoms with Crippen molar-refractivity contribution in [3.05, 3.63) is 0 Å². The minimum absolute atomic E-state index is 0.618. The van der Waals surface area contributed by atoms with Gasteiger partial charge in [-0.2, -0.15) is 0 Å². The quantitative estimate of drug-likeness (QED) is 0.0579. The zero-order chi connectivity index (χ0) is 36.1. The molecule has 288 valence electrons. The zero-order valence-corrected chi connectivity index (χ0v) is 32.1. The van der Waals surface area contributed by atoms with Gasteiger partial charge in [-0.15, -0.1) is 0 Å². The Morgan fingerprint density at radius 1 is 0.447 bits per heavy atom. The van der Waals surface area contributed by atoms with Gasteiger partial charge in [-0.3, -0.25) is 0 Å². The van der Waals surface area contributed by atoms with Crippen molar-refractivity contribution in [2.24, 2.45) is 0 Å². The van der Waals surface area contributed by atoms with Crippen LogP contribution in [0.5, 0.6) is 0 Å². The van der Waals surface area contributed by atoms with Crippen LogP contribution < -0.4 is 9.79 Å². The first-order valence-electron chi connectivity index (χ1n) is 17.3. The summed E-state index contributed by atoms with van der Waals surface area (Å²) in [5.74, 6) is 0. The third-order valence-electron chi connectivity index (χ3n) is 8.22. The first-order chi connectivity index (χ1) is 22.5. The van der Waals surface area contributed by atoms with Crippen molar-refractivity contribution in [1.29, 1.82) is 0 Å². The van der Waals surface area contributed by atoms with Gasteiger partial charge in [-0.25, -0.2) is 4.20 Å². The highest BCUT2D eigenvalue weighted by molar-refractivity contribution is 7.42. The average molecular weight is 711 g/mol. The summed E-state index contributed by atoms with van der Waals surface area (Å²) in [6, 6.07) is 0. The number of halogens is 1. The number of hydrogen-bond acceptors (Lipinski definition) is 11. The molecule has 0 aliphatic rings. The normalized spacial score (nSPS) is 12.0. The minimum Gasteiger partial charge on any atom is -0.786 e. The predicted molar refractivity (Wildman–Crippen MR) is 180 cm³/mol. The molecule has 0 aromatic carbocycles. The lowest BCUT2D eigenvalue weighted by Crippen LogP contribution is -2.48. The van der Waals surface area contributed by atoms with Crippen LogP contribution in [0.3, 0.4) is 0 Å². The van der Waals surface area contributed by atoms with E-state index in [1.807, 2.05) is 0 Å². The second-order valence-electron chi connectivity index (χ2n) is 10.8. The van der Waals surface area contributed by atoms with Crippen molar-refractivity contribution in [2.45, 2.75) is 54.4 Å². The summed E-state index contributed by atoms with van der Waals surface area (Å²) in [7, 11) is -2.30. The lowest BCUT2D eigenvalue weighted by molar-refractivity contribution is -0.923. The fourth-order valence-corrected chi connectivity index (χ4v) is 4.66. The molecule has 0 heterocycles. The maximum atomic E-state index is 10.1. The van der Waals surface area contributed by atoms with E-state index in [-0.39, 0.29) is 0 Å². The van der Waals surface area contributed by atoms with Crippen LogP contribution in [-0.2, 0) is 42.5 Å². The molecule has 0 saturated carbocycles. The summed E-state index contributed by atoms with van der Waals surface area (Å²) < 4.78 is 63.4. The average Bonchev–Trinajstić information content (AvgIpc) is 3.06. The molecule has 0 saturated heterocycles. The number of nitrogens with zero attached hydrogens (tertiary/aromatic N) is 2. The van der Waals surface area contributed by atoms with Crippen molar-refractivity contribution in [3.8, 4) is 0 Å². The number of rotatable bonds is 32. The maximum absolute atomic E-state index is 10.1. The van der Waals surface area contributed by atoms with Gasteiger partial charge in [0, 0.05) is 27.1 Å². The van der Waals surface area contributed by atoms with Crippen LogP contribution in [0, 0.1) is 0 Å². The molecule has 0 fully saturated rings. The summed E-state index contributed by atoms with van der Waals surface area (Å²) in [4.78, 5) is 16.9. The van der Waals surface area contributed by atoms with Crippen molar-refractivity contribution in [3.63, 3.8) is 0 Å². The second-order valence-corrected chi connectivity index (χ2v) is 11.7. The molecule has 15 heteroatoms. The third kappa shape index (κ3) is 38.3. The van der Waals surface area contributed by atoms with Crippen LogP contribution in [0.2, 0.25) is 0 Å². The standard InChI is InChI=1S/2C16H36NO4.FH2O3P/c2*1-5-17(6-2,7-3)9-8-10-19-13-14-21-16-15-20-12-11-18-4;1-5(2,3)4/h2*5-16H2,1-4H3;(H2,2,3,4)/q2*+1;/p-2. The Bertz CT molecular complexity index is 590. The SMILES string of the molecule is CC[N+](CC)(CC)CCCOCCOCCOCCOC.CC[N+](CC)(CC)CCCOCCOCCOCCOC.O=P([O-])([O-])F. The van der Waals surface area contributed by atoms with Crippen LogP contribution >= 0.6 is 7.91 Å². The van der Waals surface area contributed by atoms with Crippen molar-refractivity contribution in [2.75, 3.05) is 159 Å².